The number of nitrogens with two attached hydrogens (primary N) is 1. The van der Waals surface area contributed by atoms with Crippen molar-refractivity contribution < 1.29 is 47.9 Å². The number of carbonyl (C=O) groups excluding carboxylic acids is 5. The maximum atomic E-state index is 13.3. The van der Waals surface area contributed by atoms with Gasteiger partial charge >= 0.3 is 17.9 Å². The molecule has 3 N–H and O–H groups in total. The number of nitro groups is 1. The first kappa shape index (κ1) is 35.6. The highest BCUT2D eigenvalue weighted by atomic mass is 32.2. The Morgan fingerprint density at radius 2 is 1.92 bits per heavy atom. The summed E-state index contributed by atoms with van der Waals surface area (Å²) in [6.07, 6.45) is 1.41. The van der Waals surface area contributed by atoms with Crippen molar-refractivity contribution in [1.29, 1.82) is 0 Å². The van der Waals surface area contributed by atoms with Gasteiger partial charge in [0.15, 0.2) is 10.8 Å². The number of fused-ring (bicyclic) bond motifs is 1. The number of nitrogen functional groups attached to an aromatic ring is 1. The molecule has 1 saturated heterocycles. The normalized spacial score (nSPS) is 17.4. The molecule has 2 amide bonds. The molecule has 1 aromatic carbocycles. The molecule has 19 heteroatoms. The number of carbonyl (C=O) groups is 5. The van der Waals surface area contributed by atoms with Crippen LogP contribution >= 0.6 is 23.1 Å². The van der Waals surface area contributed by atoms with Crippen LogP contribution in [0.5, 0.6) is 0 Å². The minimum absolute atomic E-state index is 0.0112. The van der Waals surface area contributed by atoms with E-state index in [1.165, 1.54) is 52.4 Å². The van der Waals surface area contributed by atoms with Crippen molar-refractivity contribution in [1.82, 2.24) is 15.2 Å². The van der Waals surface area contributed by atoms with Gasteiger partial charge in [-0.2, -0.15) is 0 Å². The fourth-order valence-electron chi connectivity index (χ4n) is 4.09. The first-order chi connectivity index (χ1) is 22.7. The zero-order valence-corrected chi connectivity index (χ0v) is 27.5. The van der Waals surface area contributed by atoms with Gasteiger partial charge in [-0.25, -0.2) is 14.6 Å². The van der Waals surface area contributed by atoms with Gasteiger partial charge in [-0.3, -0.25) is 29.4 Å². The number of hydrogen-bond donors (Lipinski definition) is 2. The molecule has 0 radical (unpaired) electrons. The Kier molecular flexibility index (Phi) is 11.2. The number of aromatic nitrogens is 1. The molecule has 4 rings (SSSR count). The second kappa shape index (κ2) is 15.1. The van der Waals surface area contributed by atoms with Crippen LogP contribution < -0.4 is 11.1 Å². The molecule has 0 aliphatic carbocycles. The Hall–Kier alpha value is -5.30. The zero-order chi connectivity index (χ0) is 35.2. The number of β-lactam (4-membered cyclic amide) rings is 1. The summed E-state index contributed by atoms with van der Waals surface area (Å²) < 4.78 is 15.2. The number of thioether (sulfide) groups is 1. The molecule has 1 aromatic heterocycles. The lowest BCUT2D eigenvalue weighted by Crippen LogP contribution is -2.71. The van der Waals surface area contributed by atoms with Gasteiger partial charge in [-0.15, -0.1) is 23.1 Å². The van der Waals surface area contributed by atoms with Crippen molar-refractivity contribution >= 4 is 69.4 Å². The molecule has 3 heterocycles. The van der Waals surface area contributed by atoms with Crippen molar-refractivity contribution in [3.8, 4) is 0 Å². The summed E-state index contributed by atoms with van der Waals surface area (Å²) >= 11 is 2.27. The maximum absolute atomic E-state index is 13.3. The quantitative estimate of drug-likeness (QED) is 0.0760. The van der Waals surface area contributed by atoms with Crippen LogP contribution in [0.2, 0.25) is 0 Å². The van der Waals surface area contributed by atoms with E-state index in [9.17, 15) is 34.1 Å². The number of benzene rings is 1. The first-order valence-electron chi connectivity index (χ1n) is 14.0. The molecule has 48 heavy (non-hydrogen) atoms. The number of oxime groups is 1. The van der Waals surface area contributed by atoms with Crippen molar-refractivity contribution in [3.05, 3.63) is 74.9 Å². The molecule has 2 aromatic rings. The fourth-order valence-corrected chi connectivity index (χ4v) is 5.98. The van der Waals surface area contributed by atoms with E-state index in [2.05, 4.69) is 22.0 Å². The van der Waals surface area contributed by atoms with Crippen LogP contribution in [0.3, 0.4) is 0 Å². The summed E-state index contributed by atoms with van der Waals surface area (Å²) in [6, 6.07) is 4.29. The highest BCUT2D eigenvalue weighted by Crippen LogP contribution is 2.41. The van der Waals surface area contributed by atoms with E-state index < -0.39 is 64.9 Å². The van der Waals surface area contributed by atoms with Crippen LogP contribution in [0.15, 0.2) is 58.7 Å². The van der Waals surface area contributed by atoms with E-state index in [-0.39, 0.29) is 40.3 Å². The molecule has 0 spiro atoms. The summed E-state index contributed by atoms with van der Waals surface area (Å²) in [5.41, 5.74) is 5.22. The summed E-state index contributed by atoms with van der Waals surface area (Å²) in [7, 11) is 0. The molecule has 2 aliphatic rings. The lowest BCUT2D eigenvalue weighted by molar-refractivity contribution is -0.384. The number of allylic oxidation sites excluding steroid dienone is 1. The highest BCUT2D eigenvalue weighted by Gasteiger charge is 2.54. The minimum Gasteiger partial charge on any atom is -0.458 e. The van der Waals surface area contributed by atoms with Gasteiger partial charge < -0.3 is 30.1 Å². The van der Waals surface area contributed by atoms with Crippen LogP contribution in [0.4, 0.5) is 10.8 Å². The van der Waals surface area contributed by atoms with Gasteiger partial charge in [0.2, 0.25) is 13.4 Å². The Bertz CT molecular complexity index is 1700. The van der Waals surface area contributed by atoms with E-state index in [0.717, 1.165) is 11.3 Å². The van der Waals surface area contributed by atoms with Gasteiger partial charge in [-0.05, 0) is 44.0 Å². The van der Waals surface area contributed by atoms with Gasteiger partial charge in [0.05, 0.1) is 10.3 Å². The Morgan fingerprint density at radius 3 is 2.52 bits per heavy atom. The number of amides is 2. The number of nitrogens with zero attached hydrogens (tertiary/aromatic N) is 4. The van der Waals surface area contributed by atoms with Crippen LogP contribution in [-0.4, -0.2) is 80.8 Å². The van der Waals surface area contributed by atoms with Crippen LogP contribution in [0.25, 0.3) is 0 Å². The summed E-state index contributed by atoms with van der Waals surface area (Å²) in [6.45, 7) is 7.04. The van der Waals surface area contributed by atoms with Crippen LogP contribution in [-0.2, 0) is 49.6 Å². The number of ether oxygens (including phenoxy) is 3. The number of rotatable bonds is 13. The summed E-state index contributed by atoms with van der Waals surface area (Å²) in [5, 5.41) is 17.9. The third-order valence-corrected chi connectivity index (χ3v) is 8.56. The van der Waals surface area contributed by atoms with Gasteiger partial charge in [0, 0.05) is 23.3 Å². The number of nitrogens with one attached hydrogen (secondary N) is 1. The topological polar surface area (TPSA) is 232 Å². The molecule has 0 saturated carbocycles. The number of esters is 3. The van der Waals surface area contributed by atoms with Crippen LogP contribution in [0, 0.1) is 15.5 Å². The minimum atomic E-state index is -1.09. The highest BCUT2D eigenvalue weighted by molar-refractivity contribution is 8.00. The molecule has 0 bridgehead atoms. The van der Waals surface area contributed by atoms with Gasteiger partial charge in [-0.1, -0.05) is 17.8 Å². The summed E-state index contributed by atoms with van der Waals surface area (Å²) in [4.78, 5) is 84.3. The van der Waals surface area contributed by atoms with E-state index in [1.807, 2.05) is 0 Å². The third-order valence-electron chi connectivity index (χ3n) is 6.58. The number of thiazole rings is 1. The SMILES string of the molecule is C=CC1=C(C(=O)OCOC(=O)C(C)(C)C)N2C(=O)C(NC(=O)C(=NOCC(=O)OCc3ccc([N+](=O)[O-])cc3)c3csc(N)n3)[C@@H]2SC1. The Balaban J connectivity index is 1.39. The van der Waals surface area contributed by atoms with Gasteiger partial charge in [0.25, 0.3) is 17.5 Å². The molecule has 1 unspecified atom stereocenters. The van der Waals surface area contributed by atoms with E-state index in [0.29, 0.717) is 11.1 Å². The number of anilines is 1. The maximum Gasteiger partial charge on any atom is 0.358 e. The smallest absolute Gasteiger partial charge is 0.358 e. The second-order valence-corrected chi connectivity index (χ2v) is 13.0. The largest absolute Gasteiger partial charge is 0.458 e. The predicted molar refractivity (Wildman–Crippen MR) is 171 cm³/mol. The van der Waals surface area contributed by atoms with Crippen molar-refractivity contribution in [3.63, 3.8) is 0 Å². The average molecular weight is 703 g/mol. The third kappa shape index (κ3) is 8.34. The predicted octanol–water partition coefficient (Wildman–Crippen LogP) is 2.03. The van der Waals surface area contributed by atoms with Crippen molar-refractivity contribution in [2.75, 3.05) is 24.9 Å². The molecule has 2 aliphatic heterocycles. The molecule has 2 atom stereocenters. The second-order valence-electron chi connectivity index (χ2n) is 11.0. The van der Waals surface area contributed by atoms with Gasteiger partial charge in [0.1, 0.15) is 29.4 Å². The van der Waals surface area contributed by atoms with Crippen molar-refractivity contribution in [2.24, 2.45) is 10.6 Å². The molecular formula is C29H30N6O11S2. The van der Waals surface area contributed by atoms with Crippen molar-refractivity contribution in [2.45, 2.75) is 38.8 Å². The number of hydrogen-bond acceptors (Lipinski definition) is 16. The number of non-ortho nitro benzene ring substituents is 1. The van der Waals surface area contributed by atoms with E-state index >= 15 is 0 Å². The Labute approximate surface area is 281 Å². The number of nitro benzene ring substituents is 1. The molecule has 17 nitrogen and oxygen atoms in total. The molecule has 1 fully saturated rings. The lowest BCUT2D eigenvalue weighted by Gasteiger charge is -2.49. The summed E-state index contributed by atoms with van der Waals surface area (Å²) in [5.74, 6) is -3.61. The molecule has 254 valence electrons. The van der Waals surface area contributed by atoms with E-state index in [4.69, 9.17) is 24.8 Å². The van der Waals surface area contributed by atoms with E-state index in [1.54, 1.807) is 20.8 Å². The lowest BCUT2D eigenvalue weighted by atomic mass is 9.98. The Morgan fingerprint density at radius 1 is 1.21 bits per heavy atom. The fraction of sp³-hybridized carbons (Fsp3) is 0.345. The monoisotopic (exact) mass is 702 g/mol. The average Bonchev–Trinajstić information content (AvgIpc) is 3.48. The standard InChI is InChI=1S/C29H30N6O11S2/c1-5-16-12-47-25-21(24(38)34(25)22(16)26(39)44-14-45-27(40)29(2,3)4)32-23(37)20(18-13-48-28(30)31-18)33-46-11-19(36)43-10-15-6-8-17(9-7-15)35(41)42/h5-9,13,21,25H,1,10-12,14H2,2-4H3,(H2,30,31)(H,32,37)/t21?,25-/m0/s1. The van der Waals surface area contributed by atoms with Crippen LogP contribution in [0.1, 0.15) is 32.0 Å². The zero-order valence-electron chi connectivity index (χ0n) is 25.8. The first-order valence-corrected chi connectivity index (χ1v) is 15.9. The molecular weight excluding hydrogens is 672 g/mol.